The van der Waals surface area contributed by atoms with Crippen LogP contribution in [0.25, 0.3) is 10.8 Å². The summed E-state index contributed by atoms with van der Waals surface area (Å²) in [7, 11) is 0. The van der Waals surface area contributed by atoms with Crippen molar-refractivity contribution < 1.29 is 5.11 Å². The number of hydrogen-bond donors (Lipinski definition) is 1. The fourth-order valence-corrected chi connectivity index (χ4v) is 3.13. The average Bonchev–Trinajstić information content (AvgIpc) is 2.84. The van der Waals surface area contributed by atoms with Gasteiger partial charge in [-0.1, -0.05) is 42.5 Å². The van der Waals surface area contributed by atoms with Crippen molar-refractivity contribution in [3.05, 3.63) is 69.9 Å². The van der Waals surface area contributed by atoms with Gasteiger partial charge in [0.1, 0.15) is 6.10 Å². The molecule has 0 fully saturated rings. The molecule has 0 aliphatic carbocycles. The number of hydrogen-bond acceptors (Lipinski definition) is 2. The first-order chi connectivity index (χ1) is 8.75. The third-order valence-corrected chi connectivity index (χ3v) is 4.20. The van der Waals surface area contributed by atoms with Crippen molar-refractivity contribution in [2.24, 2.45) is 0 Å². The monoisotopic (exact) mass is 254 g/mol. The number of thiophene rings is 1. The van der Waals surface area contributed by atoms with E-state index in [1.807, 2.05) is 36.4 Å². The molecule has 0 bridgehead atoms. The fraction of sp³-hybridized carbons (Fsp3) is 0.125. The molecule has 1 nitrogen and oxygen atoms in total. The number of benzene rings is 2. The summed E-state index contributed by atoms with van der Waals surface area (Å²) >= 11 is 1.65. The van der Waals surface area contributed by atoms with Gasteiger partial charge in [-0.25, -0.2) is 0 Å². The van der Waals surface area contributed by atoms with Crippen molar-refractivity contribution in [2.45, 2.75) is 13.0 Å². The van der Waals surface area contributed by atoms with Crippen LogP contribution in [0.3, 0.4) is 0 Å². The molecule has 1 N–H and O–H groups in total. The van der Waals surface area contributed by atoms with Crippen LogP contribution in [0.15, 0.2) is 54.6 Å². The lowest BCUT2D eigenvalue weighted by molar-refractivity contribution is 0.226. The van der Waals surface area contributed by atoms with Crippen molar-refractivity contribution in [2.75, 3.05) is 0 Å². The summed E-state index contributed by atoms with van der Waals surface area (Å²) in [5.74, 6) is 0. The maximum atomic E-state index is 10.5. The molecular weight excluding hydrogens is 240 g/mol. The van der Waals surface area contributed by atoms with E-state index in [1.165, 1.54) is 10.3 Å². The van der Waals surface area contributed by atoms with Gasteiger partial charge in [-0.2, -0.15) is 0 Å². The van der Waals surface area contributed by atoms with Crippen LogP contribution in [0.2, 0.25) is 0 Å². The Kier molecular flexibility index (Phi) is 2.90. The zero-order valence-corrected chi connectivity index (χ0v) is 10.9. The Hall–Kier alpha value is -1.64. The van der Waals surface area contributed by atoms with Gasteiger partial charge in [0.25, 0.3) is 0 Å². The number of aryl methyl sites for hydroxylation is 1. The highest BCUT2D eigenvalue weighted by atomic mass is 32.1. The first kappa shape index (κ1) is 11.5. The van der Waals surface area contributed by atoms with Gasteiger partial charge in [-0.3, -0.25) is 0 Å². The van der Waals surface area contributed by atoms with Gasteiger partial charge in [0.15, 0.2) is 0 Å². The van der Waals surface area contributed by atoms with Gasteiger partial charge in [0.05, 0.1) is 0 Å². The number of aliphatic hydroxyl groups is 1. The van der Waals surface area contributed by atoms with Gasteiger partial charge >= 0.3 is 0 Å². The van der Waals surface area contributed by atoms with E-state index in [0.29, 0.717) is 0 Å². The number of aliphatic hydroxyl groups excluding tert-OH is 1. The summed E-state index contributed by atoms with van der Waals surface area (Å²) in [5, 5.41) is 12.8. The average molecular weight is 254 g/mol. The molecular formula is C16H14OS. The molecule has 0 aliphatic heterocycles. The van der Waals surface area contributed by atoms with E-state index in [1.54, 1.807) is 11.3 Å². The summed E-state index contributed by atoms with van der Waals surface area (Å²) in [6, 6.07) is 18.3. The van der Waals surface area contributed by atoms with Crippen LogP contribution in [0.4, 0.5) is 0 Å². The first-order valence-electron chi connectivity index (χ1n) is 5.98. The zero-order chi connectivity index (χ0) is 12.5. The molecule has 18 heavy (non-hydrogen) atoms. The molecule has 0 amide bonds. The second-order valence-corrected chi connectivity index (χ2v) is 5.74. The molecule has 2 heteroatoms. The van der Waals surface area contributed by atoms with Gasteiger partial charge in [-0.15, -0.1) is 11.3 Å². The SMILES string of the molecule is Cc1ccc(C(O)c2cccc3ccccc23)s1. The minimum atomic E-state index is -0.533. The van der Waals surface area contributed by atoms with Gasteiger partial charge < -0.3 is 5.11 Å². The molecule has 0 aliphatic rings. The second-order valence-electron chi connectivity index (χ2n) is 4.42. The molecule has 3 rings (SSSR count). The topological polar surface area (TPSA) is 20.2 Å². The van der Waals surface area contributed by atoms with Crippen LogP contribution in [0.5, 0.6) is 0 Å². The molecule has 1 atom stereocenters. The predicted octanol–water partition coefficient (Wildman–Crippen LogP) is 4.29. The molecule has 1 unspecified atom stereocenters. The lowest BCUT2D eigenvalue weighted by atomic mass is 10.00. The van der Waals surface area contributed by atoms with Crippen LogP contribution in [-0.4, -0.2) is 5.11 Å². The Morgan fingerprint density at radius 3 is 2.50 bits per heavy atom. The standard InChI is InChI=1S/C16H14OS/c1-11-9-10-15(18-11)16(17)14-8-4-6-12-5-2-3-7-13(12)14/h2-10,16-17H,1H3. The van der Waals surface area contributed by atoms with Crippen molar-refractivity contribution in [3.63, 3.8) is 0 Å². The van der Waals surface area contributed by atoms with Crippen molar-refractivity contribution in [1.29, 1.82) is 0 Å². The van der Waals surface area contributed by atoms with Crippen molar-refractivity contribution in [1.82, 2.24) is 0 Å². The van der Waals surface area contributed by atoms with E-state index in [-0.39, 0.29) is 0 Å². The Bertz CT molecular complexity index is 679. The van der Waals surface area contributed by atoms with E-state index in [0.717, 1.165) is 15.8 Å². The Morgan fingerprint density at radius 2 is 1.72 bits per heavy atom. The van der Waals surface area contributed by atoms with E-state index in [2.05, 4.69) is 25.1 Å². The van der Waals surface area contributed by atoms with Crippen molar-refractivity contribution in [3.8, 4) is 0 Å². The summed E-state index contributed by atoms with van der Waals surface area (Å²) in [6.45, 7) is 2.06. The molecule has 0 spiro atoms. The minimum absolute atomic E-state index is 0.533. The largest absolute Gasteiger partial charge is 0.383 e. The molecule has 1 heterocycles. The first-order valence-corrected chi connectivity index (χ1v) is 6.79. The summed E-state index contributed by atoms with van der Waals surface area (Å²) in [4.78, 5) is 2.23. The molecule has 1 aromatic heterocycles. The molecule has 2 aromatic carbocycles. The lowest BCUT2D eigenvalue weighted by Crippen LogP contribution is -1.97. The summed E-state index contributed by atoms with van der Waals surface area (Å²) < 4.78 is 0. The second kappa shape index (κ2) is 4.56. The minimum Gasteiger partial charge on any atom is -0.383 e. The van der Waals surface area contributed by atoms with Crippen molar-refractivity contribution >= 4 is 22.1 Å². The summed E-state index contributed by atoms with van der Waals surface area (Å²) in [5.41, 5.74) is 0.981. The fourth-order valence-electron chi connectivity index (χ4n) is 2.24. The maximum absolute atomic E-state index is 10.5. The van der Waals surface area contributed by atoms with Gasteiger partial charge in [0.2, 0.25) is 0 Å². The van der Waals surface area contributed by atoms with Crippen LogP contribution in [-0.2, 0) is 0 Å². The molecule has 3 aromatic rings. The van der Waals surface area contributed by atoms with Gasteiger partial charge in [-0.05, 0) is 35.4 Å². The normalized spacial score (nSPS) is 12.8. The lowest BCUT2D eigenvalue weighted by Gasteiger charge is -2.12. The molecule has 90 valence electrons. The van der Waals surface area contributed by atoms with Crippen LogP contribution >= 0.6 is 11.3 Å². The van der Waals surface area contributed by atoms with Crippen LogP contribution in [0, 0.1) is 6.92 Å². The number of rotatable bonds is 2. The molecule has 0 radical (unpaired) electrons. The Morgan fingerprint density at radius 1 is 0.944 bits per heavy atom. The van der Waals surface area contributed by atoms with E-state index in [9.17, 15) is 5.11 Å². The predicted molar refractivity (Wildman–Crippen MR) is 77.1 cm³/mol. The highest BCUT2D eigenvalue weighted by Gasteiger charge is 2.14. The molecule has 0 saturated carbocycles. The number of fused-ring (bicyclic) bond motifs is 1. The zero-order valence-electron chi connectivity index (χ0n) is 10.1. The van der Waals surface area contributed by atoms with E-state index >= 15 is 0 Å². The Labute approximate surface area is 110 Å². The van der Waals surface area contributed by atoms with Crippen LogP contribution < -0.4 is 0 Å². The highest BCUT2D eigenvalue weighted by molar-refractivity contribution is 7.12. The third kappa shape index (κ3) is 1.94. The van der Waals surface area contributed by atoms with E-state index < -0.39 is 6.10 Å². The quantitative estimate of drug-likeness (QED) is 0.723. The highest BCUT2D eigenvalue weighted by Crippen LogP contribution is 2.32. The molecule has 0 saturated heterocycles. The smallest absolute Gasteiger partial charge is 0.114 e. The van der Waals surface area contributed by atoms with Crippen LogP contribution in [0.1, 0.15) is 21.4 Å². The Balaban J connectivity index is 2.14. The summed E-state index contributed by atoms with van der Waals surface area (Å²) in [6.07, 6.45) is -0.533. The van der Waals surface area contributed by atoms with E-state index in [4.69, 9.17) is 0 Å². The third-order valence-electron chi connectivity index (χ3n) is 3.15. The van der Waals surface area contributed by atoms with Gasteiger partial charge in [0, 0.05) is 9.75 Å². The maximum Gasteiger partial charge on any atom is 0.114 e.